The van der Waals surface area contributed by atoms with Crippen LogP contribution in [0.3, 0.4) is 0 Å². The summed E-state index contributed by atoms with van der Waals surface area (Å²) in [6.45, 7) is 16.3. The van der Waals surface area contributed by atoms with Crippen LogP contribution in [-0.4, -0.2) is 21.4 Å². The zero-order chi connectivity index (χ0) is 28.6. The summed E-state index contributed by atoms with van der Waals surface area (Å²) in [5, 5.41) is 0. The molecule has 0 fully saturated rings. The van der Waals surface area contributed by atoms with Gasteiger partial charge in [-0.25, -0.2) is 0 Å². The maximum absolute atomic E-state index is 5.19. The Morgan fingerprint density at radius 1 is 0.925 bits per heavy atom. The van der Waals surface area contributed by atoms with E-state index in [1.54, 1.807) is 12.4 Å². The average molecular weight is 533 g/mol. The van der Waals surface area contributed by atoms with Crippen molar-refractivity contribution in [3.8, 4) is 11.1 Å². The van der Waals surface area contributed by atoms with Crippen LogP contribution in [0.5, 0.6) is 0 Å². The number of nitrogens with zero attached hydrogens (tertiary/aromatic N) is 4. The highest BCUT2D eigenvalue weighted by atomic mass is 14.8. The second kappa shape index (κ2) is 13.6. The summed E-state index contributed by atoms with van der Waals surface area (Å²) in [6.07, 6.45) is 12.1. The van der Waals surface area contributed by atoms with E-state index in [0.29, 0.717) is 18.4 Å². The number of hydrogen-bond acceptors (Lipinski definition) is 4. The smallest absolute Gasteiger partial charge is 0.0843 e. The second-order valence-electron chi connectivity index (χ2n) is 11.2. The van der Waals surface area contributed by atoms with Gasteiger partial charge in [-0.3, -0.25) is 20.0 Å². The van der Waals surface area contributed by atoms with Gasteiger partial charge >= 0.3 is 0 Å². The topological polar surface area (TPSA) is 50.5 Å². The fourth-order valence-corrected chi connectivity index (χ4v) is 5.34. The molecule has 0 radical (unpaired) electrons. The van der Waals surface area contributed by atoms with E-state index < -0.39 is 0 Å². The highest BCUT2D eigenvalue weighted by molar-refractivity contribution is 5.98. The van der Waals surface area contributed by atoms with Crippen molar-refractivity contribution in [2.24, 2.45) is 15.9 Å². The Morgan fingerprint density at radius 2 is 1.68 bits per heavy atom. The zero-order valence-corrected chi connectivity index (χ0v) is 25.3. The molecule has 0 aliphatic heterocycles. The van der Waals surface area contributed by atoms with Crippen molar-refractivity contribution in [3.63, 3.8) is 0 Å². The van der Waals surface area contributed by atoms with Crippen molar-refractivity contribution >= 4 is 17.5 Å². The van der Waals surface area contributed by atoms with Crippen molar-refractivity contribution in [3.05, 3.63) is 100 Å². The lowest BCUT2D eigenvalue weighted by Gasteiger charge is -2.21. The molecule has 4 nitrogen and oxygen atoms in total. The molecular formula is C36H44N4. The lowest BCUT2D eigenvalue weighted by Crippen LogP contribution is -2.07. The second-order valence-corrected chi connectivity index (χ2v) is 11.2. The van der Waals surface area contributed by atoms with Crippen molar-refractivity contribution in [2.75, 3.05) is 0 Å². The summed E-state index contributed by atoms with van der Waals surface area (Å²) in [4.78, 5) is 18.7. The lowest BCUT2D eigenvalue weighted by atomic mass is 9.84. The summed E-state index contributed by atoms with van der Waals surface area (Å²) in [6, 6.07) is 15.2. The van der Waals surface area contributed by atoms with Gasteiger partial charge in [-0.1, -0.05) is 46.2 Å². The molecule has 2 aromatic heterocycles. The predicted octanol–water partition coefficient (Wildman–Crippen LogP) is 9.62. The zero-order valence-electron chi connectivity index (χ0n) is 25.3. The Balaban J connectivity index is 1.73. The molecular weight excluding hydrogens is 488 g/mol. The maximum atomic E-state index is 5.19. The van der Waals surface area contributed by atoms with E-state index in [2.05, 4.69) is 87.9 Å². The van der Waals surface area contributed by atoms with Gasteiger partial charge in [-0.2, -0.15) is 0 Å². The molecule has 0 amide bonds. The van der Waals surface area contributed by atoms with Gasteiger partial charge < -0.3 is 0 Å². The third kappa shape index (κ3) is 7.10. The number of allylic oxidation sites excluding steroid dienone is 2. The first-order valence-corrected chi connectivity index (χ1v) is 14.8. The number of benzene rings is 1. The molecule has 40 heavy (non-hydrogen) atoms. The van der Waals surface area contributed by atoms with Crippen LogP contribution in [0.25, 0.3) is 17.2 Å². The van der Waals surface area contributed by atoms with Crippen LogP contribution in [0.4, 0.5) is 0 Å². The summed E-state index contributed by atoms with van der Waals surface area (Å²) >= 11 is 0. The molecule has 1 aliphatic carbocycles. The number of pyridine rings is 2. The molecule has 4 heteroatoms. The first-order chi connectivity index (χ1) is 19.3. The maximum Gasteiger partial charge on any atom is 0.0843 e. The highest BCUT2D eigenvalue weighted by Gasteiger charge is 2.24. The third-order valence-electron chi connectivity index (χ3n) is 8.17. The van der Waals surface area contributed by atoms with Gasteiger partial charge in [0.1, 0.15) is 0 Å². The van der Waals surface area contributed by atoms with Gasteiger partial charge in [0.05, 0.1) is 23.6 Å². The Bertz CT molecular complexity index is 1440. The SMILES string of the molecule is CCCC(C)=NC(C1=Cc2cc(-c3ccnc(C(C)=NCc4ccncc4)c3)ccc2C(C)C(C)C1)=C(C)CC. The monoisotopic (exact) mass is 532 g/mol. The van der Waals surface area contributed by atoms with E-state index in [0.717, 1.165) is 48.2 Å². The molecule has 2 atom stereocenters. The first kappa shape index (κ1) is 29.3. The van der Waals surface area contributed by atoms with E-state index in [-0.39, 0.29) is 0 Å². The predicted molar refractivity (Wildman–Crippen MR) is 171 cm³/mol. The molecule has 0 bridgehead atoms. The summed E-state index contributed by atoms with van der Waals surface area (Å²) in [7, 11) is 0. The molecule has 0 saturated heterocycles. The van der Waals surface area contributed by atoms with Crippen molar-refractivity contribution < 1.29 is 0 Å². The minimum atomic E-state index is 0.470. The van der Waals surface area contributed by atoms with E-state index in [1.807, 2.05) is 25.3 Å². The summed E-state index contributed by atoms with van der Waals surface area (Å²) in [5.41, 5.74) is 13.2. The number of hydrogen-bond donors (Lipinski definition) is 0. The van der Waals surface area contributed by atoms with Gasteiger partial charge in [0.15, 0.2) is 0 Å². The molecule has 3 aromatic rings. The third-order valence-corrected chi connectivity index (χ3v) is 8.17. The minimum Gasteiger partial charge on any atom is -0.283 e. The Morgan fingerprint density at radius 3 is 2.40 bits per heavy atom. The fraction of sp³-hybridized carbons (Fsp3) is 0.389. The Hall–Kier alpha value is -3.66. The van der Waals surface area contributed by atoms with Gasteiger partial charge in [0.2, 0.25) is 0 Å². The lowest BCUT2D eigenvalue weighted by molar-refractivity contribution is 0.489. The standard InChI is InChI=1S/C36H44N4/c1-8-10-26(5)40-36(24(3)9-2)33-19-25(4)27(6)34-12-11-30(20-32(34)21-33)31-15-18-38-35(22-31)28(7)39-23-29-13-16-37-17-14-29/h11-18,20-22,25,27H,8-10,19,23H2,1-7H3. The number of aromatic nitrogens is 2. The minimum absolute atomic E-state index is 0.470. The van der Waals surface area contributed by atoms with Gasteiger partial charge in [0, 0.05) is 24.3 Å². The Kier molecular flexibility index (Phi) is 9.98. The molecule has 0 saturated carbocycles. The van der Waals surface area contributed by atoms with E-state index >= 15 is 0 Å². The molecule has 2 unspecified atom stereocenters. The average Bonchev–Trinajstić information content (AvgIpc) is 3.10. The molecule has 1 aromatic carbocycles. The van der Waals surface area contributed by atoms with Crippen LogP contribution in [0, 0.1) is 5.92 Å². The van der Waals surface area contributed by atoms with Gasteiger partial charge in [0.25, 0.3) is 0 Å². The molecule has 4 rings (SSSR count). The number of fused-ring (bicyclic) bond motifs is 1. The quantitative estimate of drug-likeness (QED) is 0.258. The molecule has 1 aliphatic rings. The van der Waals surface area contributed by atoms with Crippen LogP contribution in [0.15, 0.2) is 87.9 Å². The van der Waals surface area contributed by atoms with Crippen LogP contribution in [0.2, 0.25) is 0 Å². The van der Waals surface area contributed by atoms with E-state index in [4.69, 9.17) is 9.98 Å². The van der Waals surface area contributed by atoms with Gasteiger partial charge in [-0.15, -0.1) is 0 Å². The molecule has 0 spiro atoms. The van der Waals surface area contributed by atoms with E-state index in [9.17, 15) is 0 Å². The fourth-order valence-electron chi connectivity index (χ4n) is 5.34. The molecule has 2 heterocycles. The summed E-state index contributed by atoms with van der Waals surface area (Å²) < 4.78 is 0. The van der Waals surface area contributed by atoms with Crippen LogP contribution < -0.4 is 0 Å². The highest BCUT2D eigenvalue weighted by Crippen LogP contribution is 2.40. The molecule has 0 N–H and O–H groups in total. The Labute approximate surface area is 241 Å². The first-order valence-electron chi connectivity index (χ1n) is 14.8. The normalized spacial score (nSPS) is 18.5. The largest absolute Gasteiger partial charge is 0.283 e. The van der Waals surface area contributed by atoms with Crippen molar-refractivity contribution in [1.82, 2.24) is 9.97 Å². The molecule has 208 valence electrons. The van der Waals surface area contributed by atoms with Crippen molar-refractivity contribution in [2.45, 2.75) is 86.6 Å². The van der Waals surface area contributed by atoms with Crippen molar-refractivity contribution in [1.29, 1.82) is 0 Å². The van der Waals surface area contributed by atoms with Crippen LogP contribution in [0.1, 0.15) is 102 Å². The summed E-state index contributed by atoms with van der Waals surface area (Å²) in [5.74, 6) is 1.00. The van der Waals surface area contributed by atoms with Crippen LogP contribution >= 0.6 is 0 Å². The van der Waals surface area contributed by atoms with Crippen LogP contribution in [-0.2, 0) is 6.54 Å². The van der Waals surface area contributed by atoms with E-state index in [1.165, 1.54) is 39.2 Å². The number of rotatable bonds is 9. The van der Waals surface area contributed by atoms with Gasteiger partial charge in [-0.05, 0) is 127 Å². The number of aliphatic imine (C=N–C) groups is 2.